The van der Waals surface area contributed by atoms with E-state index < -0.39 is 0 Å². The SMILES string of the molecule is N=C(N)N1CC2(C1)N=C2O. The van der Waals surface area contributed by atoms with Gasteiger partial charge in [-0.2, -0.15) is 0 Å². The summed E-state index contributed by atoms with van der Waals surface area (Å²) in [6.07, 6.45) is 0. The van der Waals surface area contributed by atoms with E-state index in [0.717, 1.165) is 0 Å². The Morgan fingerprint density at radius 2 is 2.30 bits per heavy atom. The molecule has 0 aliphatic carbocycles. The molecule has 10 heavy (non-hydrogen) atoms. The van der Waals surface area contributed by atoms with Crippen molar-refractivity contribution in [1.82, 2.24) is 4.90 Å². The highest BCUT2D eigenvalue weighted by molar-refractivity contribution is 6.00. The summed E-state index contributed by atoms with van der Waals surface area (Å²) in [6, 6.07) is 0. The highest BCUT2D eigenvalue weighted by atomic mass is 16.3. The van der Waals surface area contributed by atoms with Crippen LogP contribution in [0, 0.1) is 5.41 Å². The first-order valence-electron chi connectivity index (χ1n) is 3.02. The standard InChI is InChI=1S/C5H8N4O/c6-4(7)9-1-5(2-9)3(10)8-5/h1-2H2,(H3,6,7)(H,8,10). The maximum atomic E-state index is 8.85. The zero-order chi connectivity index (χ0) is 7.35. The van der Waals surface area contributed by atoms with Crippen molar-refractivity contribution in [3.8, 4) is 0 Å². The molecule has 54 valence electrons. The van der Waals surface area contributed by atoms with Crippen LogP contribution in [-0.4, -0.2) is 40.5 Å². The smallest absolute Gasteiger partial charge is 0.214 e. The quantitative estimate of drug-likeness (QED) is 0.295. The molecule has 4 N–H and O–H groups in total. The lowest BCUT2D eigenvalue weighted by molar-refractivity contribution is 0.227. The molecule has 5 nitrogen and oxygen atoms in total. The molecule has 0 unspecified atom stereocenters. The Morgan fingerprint density at radius 3 is 2.60 bits per heavy atom. The number of rotatable bonds is 0. The van der Waals surface area contributed by atoms with Gasteiger partial charge >= 0.3 is 0 Å². The van der Waals surface area contributed by atoms with Gasteiger partial charge in [0.1, 0.15) is 0 Å². The number of hydrogen-bond acceptors (Lipinski definition) is 2. The van der Waals surface area contributed by atoms with E-state index in [1.54, 1.807) is 4.90 Å². The molecule has 0 aromatic rings. The number of aliphatic hydroxyl groups excluding tert-OH is 1. The minimum atomic E-state index is -0.314. The summed E-state index contributed by atoms with van der Waals surface area (Å²) in [5.41, 5.74) is 4.85. The second-order valence-electron chi connectivity index (χ2n) is 2.71. The third-order valence-corrected chi connectivity index (χ3v) is 1.93. The molecular formula is C5H8N4O. The summed E-state index contributed by atoms with van der Waals surface area (Å²) in [5, 5.41) is 15.8. The van der Waals surface area contributed by atoms with Crippen LogP contribution in [0.3, 0.4) is 0 Å². The van der Waals surface area contributed by atoms with Crippen LogP contribution in [0.15, 0.2) is 4.99 Å². The van der Waals surface area contributed by atoms with Crippen LogP contribution >= 0.6 is 0 Å². The van der Waals surface area contributed by atoms with Crippen LogP contribution in [0.25, 0.3) is 0 Å². The average molecular weight is 140 g/mol. The number of aliphatic hydroxyl groups is 1. The van der Waals surface area contributed by atoms with Gasteiger partial charge in [-0.1, -0.05) is 0 Å². The van der Waals surface area contributed by atoms with E-state index in [2.05, 4.69) is 4.99 Å². The fourth-order valence-electron chi connectivity index (χ4n) is 1.14. The summed E-state index contributed by atoms with van der Waals surface area (Å²) in [4.78, 5) is 5.46. The third kappa shape index (κ3) is 0.470. The predicted molar refractivity (Wildman–Crippen MR) is 36.3 cm³/mol. The first-order chi connectivity index (χ1) is 4.64. The molecule has 1 saturated heterocycles. The molecule has 0 saturated carbocycles. The molecule has 0 atom stereocenters. The topological polar surface area (TPSA) is 85.7 Å². The summed E-state index contributed by atoms with van der Waals surface area (Å²) in [7, 11) is 0. The molecule has 2 aliphatic rings. The van der Waals surface area contributed by atoms with E-state index in [1.807, 2.05) is 0 Å². The maximum Gasteiger partial charge on any atom is 0.214 e. The van der Waals surface area contributed by atoms with Gasteiger partial charge in [-0.25, -0.2) is 4.99 Å². The molecule has 0 aromatic carbocycles. The van der Waals surface area contributed by atoms with Crippen molar-refractivity contribution < 1.29 is 5.11 Å². The number of nitrogens with one attached hydrogen (secondary N) is 1. The molecular weight excluding hydrogens is 132 g/mol. The first kappa shape index (κ1) is 5.52. The van der Waals surface area contributed by atoms with Crippen molar-refractivity contribution in [1.29, 1.82) is 5.41 Å². The molecule has 2 heterocycles. The molecule has 0 aromatic heterocycles. The summed E-state index contributed by atoms with van der Waals surface area (Å²) >= 11 is 0. The second-order valence-corrected chi connectivity index (χ2v) is 2.71. The number of nitrogens with two attached hydrogens (primary N) is 1. The molecule has 1 spiro atoms. The molecule has 5 heteroatoms. The Hall–Kier alpha value is -1.26. The van der Waals surface area contributed by atoms with Crippen LogP contribution in [0.5, 0.6) is 0 Å². The van der Waals surface area contributed by atoms with Gasteiger partial charge in [0.2, 0.25) is 5.90 Å². The zero-order valence-corrected chi connectivity index (χ0v) is 5.33. The number of nitrogens with zero attached hydrogens (tertiary/aromatic N) is 2. The Kier molecular flexibility index (Phi) is 0.693. The van der Waals surface area contributed by atoms with Gasteiger partial charge in [-0.05, 0) is 0 Å². The van der Waals surface area contributed by atoms with Gasteiger partial charge in [0, 0.05) is 0 Å². The number of likely N-dealkylation sites (tertiary alicyclic amines) is 1. The Bertz CT molecular complexity index is 228. The third-order valence-electron chi connectivity index (χ3n) is 1.93. The normalized spacial score (nSPS) is 25.6. The maximum absolute atomic E-state index is 8.85. The van der Waals surface area contributed by atoms with E-state index >= 15 is 0 Å². The first-order valence-corrected chi connectivity index (χ1v) is 3.02. The molecule has 2 aliphatic heterocycles. The van der Waals surface area contributed by atoms with E-state index in [4.69, 9.17) is 16.2 Å². The second kappa shape index (κ2) is 1.25. The Morgan fingerprint density at radius 1 is 1.80 bits per heavy atom. The lowest BCUT2D eigenvalue weighted by Crippen LogP contribution is -2.60. The fraction of sp³-hybridized carbons (Fsp3) is 0.600. The van der Waals surface area contributed by atoms with Crippen molar-refractivity contribution in [3.63, 3.8) is 0 Å². The zero-order valence-electron chi connectivity index (χ0n) is 5.33. The van der Waals surface area contributed by atoms with Gasteiger partial charge < -0.3 is 15.7 Å². The van der Waals surface area contributed by atoms with Crippen molar-refractivity contribution in [2.45, 2.75) is 5.54 Å². The van der Waals surface area contributed by atoms with Crippen molar-refractivity contribution >= 4 is 11.9 Å². The van der Waals surface area contributed by atoms with Crippen LogP contribution in [0.1, 0.15) is 0 Å². The number of aliphatic imine (C=N–C) groups is 1. The van der Waals surface area contributed by atoms with Crippen molar-refractivity contribution in [2.24, 2.45) is 10.7 Å². The number of hydrogen-bond donors (Lipinski definition) is 3. The highest BCUT2D eigenvalue weighted by Crippen LogP contribution is 2.35. The monoisotopic (exact) mass is 140 g/mol. The fourth-order valence-corrected chi connectivity index (χ4v) is 1.14. The lowest BCUT2D eigenvalue weighted by atomic mass is 9.99. The summed E-state index contributed by atoms with van der Waals surface area (Å²) in [6.45, 7) is 1.16. The lowest BCUT2D eigenvalue weighted by Gasteiger charge is -2.37. The predicted octanol–water partition coefficient (Wildman–Crippen LogP) is -1.10. The van der Waals surface area contributed by atoms with Crippen molar-refractivity contribution in [2.75, 3.05) is 13.1 Å². The molecule has 0 amide bonds. The van der Waals surface area contributed by atoms with Gasteiger partial charge in [0.05, 0.1) is 13.1 Å². The van der Waals surface area contributed by atoms with E-state index in [-0.39, 0.29) is 17.4 Å². The van der Waals surface area contributed by atoms with E-state index in [9.17, 15) is 0 Å². The van der Waals surface area contributed by atoms with Gasteiger partial charge in [0.15, 0.2) is 11.5 Å². The highest BCUT2D eigenvalue weighted by Gasteiger charge is 2.58. The molecule has 0 radical (unpaired) electrons. The van der Waals surface area contributed by atoms with Gasteiger partial charge in [-0.15, -0.1) is 0 Å². The number of guanidine groups is 1. The van der Waals surface area contributed by atoms with Crippen LogP contribution < -0.4 is 5.73 Å². The summed E-state index contributed by atoms with van der Waals surface area (Å²) < 4.78 is 0. The largest absolute Gasteiger partial charge is 0.495 e. The Labute approximate surface area is 57.7 Å². The van der Waals surface area contributed by atoms with E-state index in [1.165, 1.54) is 0 Å². The van der Waals surface area contributed by atoms with E-state index in [0.29, 0.717) is 13.1 Å². The van der Waals surface area contributed by atoms with Crippen LogP contribution in [0.4, 0.5) is 0 Å². The Balaban J connectivity index is 1.91. The van der Waals surface area contributed by atoms with Gasteiger partial charge in [-0.3, -0.25) is 5.41 Å². The van der Waals surface area contributed by atoms with Crippen molar-refractivity contribution in [3.05, 3.63) is 0 Å². The van der Waals surface area contributed by atoms with Crippen LogP contribution in [0.2, 0.25) is 0 Å². The molecule has 0 bridgehead atoms. The molecule has 1 fully saturated rings. The van der Waals surface area contributed by atoms with Gasteiger partial charge in [0.25, 0.3) is 0 Å². The summed E-state index contributed by atoms with van der Waals surface area (Å²) in [5.74, 6) is 0.269. The average Bonchev–Trinajstić information content (AvgIpc) is 2.36. The minimum absolute atomic E-state index is 0.0560. The minimum Gasteiger partial charge on any atom is -0.495 e. The molecule has 2 rings (SSSR count). The van der Waals surface area contributed by atoms with Crippen LogP contribution in [-0.2, 0) is 0 Å².